The average molecular weight is 500 g/mol. The Bertz CT molecular complexity index is 1060. The first-order valence-corrected chi connectivity index (χ1v) is 12.6. The van der Waals surface area contributed by atoms with E-state index in [1.807, 2.05) is 4.90 Å². The second-order valence-corrected chi connectivity index (χ2v) is 10.9. The number of anilines is 2. The molecule has 3 amide bonds. The molecule has 188 valence electrons. The fraction of sp³-hybridized carbons (Fsp3) is 0.619. The smallest absolute Gasteiger partial charge is 0.414 e. The first-order chi connectivity index (χ1) is 16.0. The highest BCUT2D eigenvalue weighted by molar-refractivity contribution is 7.86. The second kappa shape index (κ2) is 9.19. The monoisotopic (exact) mass is 499 g/mol. The van der Waals surface area contributed by atoms with Crippen molar-refractivity contribution in [1.82, 2.24) is 14.7 Å². The molecule has 3 unspecified atom stereocenters. The summed E-state index contributed by atoms with van der Waals surface area (Å²) in [5.74, 6) is -0.688. The number of halogens is 1. The Kier molecular flexibility index (Phi) is 6.62. The van der Waals surface area contributed by atoms with E-state index in [0.717, 1.165) is 7.11 Å². The summed E-state index contributed by atoms with van der Waals surface area (Å²) in [5, 5.41) is 0. The van der Waals surface area contributed by atoms with Crippen molar-refractivity contribution in [3.05, 3.63) is 24.0 Å². The van der Waals surface area contributed by atoms with Gasteiger partial charge in [0.15, 0.2) is 0 Å². The Labute approximate surface area is 198 Å². The van der Waals surface area contributed by atoms with E-state index < -0.39 is 33.9 Å². The summed E-state index contributed by atoms with van der Waals surface area (Å²) in [6, 6.07) is 4.65. The molecule has 0 N–H and O–H groups in total. The fourth-order valence-electron chi connectivity index (χ4n) is 4.87. The molecule has 0 saturated carbocycles. The minimum atomic E-state index is -3.80. The number of urea groups is 1. The van der Waals surface area contributed by atoms with Gasteiger partial charge in [0.25, 0.3) is 10.1 Å². The van der Waals surface area contributed by atoms with Crippen LogP contribution in [-0.4, -0.2) is 107 Å². The fourth-order valence-corrected chi connectivity index (χ4v) is 5.63. The molecule has 13 heteroatoms. The van der Waals surface area contributed by atoms with Crippen molar-refractivity contribution in [3.8, 4) is 0 Å². The number of rotatable bonds is 6. The summed E-state index contributed by atoms with van der Waals surface area (Å²) >= 11 is 0. The van der Waals surface area contributed by atoms with Crippen LogP contribution >= 0.6 is 0 Å². The highest BCUT2D eigenvalue weighted by atomic mass is 32.2. The zero-order valence-corrected chi connectivity index (χ0v) is 20.5. The third kappa shape index (κ3) is 4.77. The number of hydrogen-bond donors (Lipinski definition) is 0. The Morgan fingerprint density at radius 3 is 2.41 bits per heavy atom. The van der Waals surface area contributed by atoms with Gasteiger partial charge < -0.3 is 19.4 Å². The highest BCUT2D eigenvalue weighted by Gasteiger charge is 2.39. The lowest BCUT2D eigenvalue weighted by atomic mass is 10.1. The third-order valence-electron chi connectivity index (χ3n) is 6.58. The van der Waals surface area contributed by atoms with Crippen LogP contribution in [0, 0.1) is 11.7 Å². The van der Waals surface area contributed by atoms with E-state index in [1.54, 1.807) is 36.0 Å². The minimum Gasteiger partial charge on any atom is -0.443 e. The van der Waals surface area contributed by atoms with Gasteiger partial charge in [0.1, 0.15) is 17.7 Å². The maximum Gasteiger partial charge on any atom is 0.414 e. The average Bonchev–Trinajstić information content (AvgIpc) is 3.33. The summed E-state index contributed by atoms with van der Waals surface area (Å²) < 4.78 is 48.0. The first kappa shape index (κ1) is 24.5. The third-order valence-corrected chi connectivity index (χ3v) is 7.87. The molecular weight excluding hydrogens is 469 g/mol. The van der Waals surface area contributed by atoms with Crippen LogP contribution in [0.3, 0.4) is 0 Å². The van der Waals surface area contributed by atoms with E-state index in [2.05, 4.69) is 16.0 Å². The van der Waals surface area contributed by atoms with Crippen LogP contribution in [0.4, 0.5) is 25.4 Å². The van der Waals surface area contributed by atoms with E-state index in [4.69, 9.17) is 4.74 Å². The maximum atomic E-state index is 15.2. The van der Waals surface area contributed by atoms with Crippen molar-refractivity contribution in [2.45, 2.75) is 19.1 Å². The number of ether oxygens (including phenoxy) is 1. The molecule has 11 nitrogen and oxygen atoms in total. The lowest BCUT2D eigenvalue weighted by Gasteiger charge is -2.42. The topological polar surface area (TPSA) is 103 Å². The Morgan fingerprint density at radius 2 is 1.79 bits per heavy atom. The molecular formula is C21H30FN5O6S. The molecule has 1 aromatic rings. The van der Waals surface area contributed by atoms with Gasteiger partial charge in [-0.25, -0.2) is 14.0 Å². The quantitative estimate of drug-likeness (QED) is 0.538. The van der Waals surface area contributed by atoms with E-state index >= 15 is 4.39 Å². The van der Waals surface area contributed by atoms with E-state index in [9.17, 15) is 18.0 Å². The summed E-state index contributed by atoms with van der Waals surface area (Å²) in [5.41, 5.74) is 0.726. The Balaban J connectivity index is 1.45. The number of cyclic esters (lactones) is 1. The van der Waals surface area contributed by atoms with Crippen LogP contribution in [0.5, 0.6) is 0 Å². The van der Waals surface area contributed by atoms with Gasteiger partial charge in [-0.05, 0) is 24.1 Å². The van der Waals surface area contributed by atoms with Crippen molar-refractivity contribution < 1.29 is 31.3 Å². The standard InChI is InChI=1S/C21H30FN5O6S/c1-14-8-25(10-19(14)26-12-23(2)20(28)24(3)13-26)18-6-5-15(7-17(18)22)27-9-16(33-21(27)29)11-34(30,31)32-4/h5-7,14,16,19H,8-13H2,1-4H3. The van der Waals surface area contributed by atoms with Crippen molar-refractivity contribution in [2.75, 3.05) is 69.7 Å². The van der Waals surface area contributed by atoms with Gasteiger partial charge in [-0.3, -0.25) is 14.0 Å². The maximum absolute atomic E-state index is 15.2. The lowest BCUT2D eigenvalue weighted by molar-refractivity contribution is 0.0233. The minimum absolute atomic E-state index is 0.0161. The van der Waals surface area contributed by atoms with E-state index in [1.165, 1.54) is 11.0 Å². The molecule has 3 saturated heterocycles. The van der Waals surface area contributed by atoms with Crippen LogP contribution in [-0.2, 0) is 19.0 Å². The molecule has 0 bridgehead atoms. The molecule has 0 radical (unpaired) electrons. The molecule has 34 heavy (non-hydrogen) atoms. The number of hydrogen-bond acceptors (Lipinski definition) is 8. The number of benzene rings is 1. The molecule has 3 aliphatic heterocycles. The Morgan fingerprint density at radius 1 is 1.12 bits per heavy atom. The molecule has 0 aromatic heterocycles. The van der Waals surface area contributed by atoms with Crippen LogP contribution in [0.2, 0.25) is 0 Å². The van der Waals surface area contributed by atoms with Crippen LogP contribution in [0.15, 0.2) is 18.2 Å². The SMILES string of the molecule is COS(=O)(=O)CC1CN(c2ccc(N3CC(C)C(N4CN(C)C(=O)N(C)C4)C3)c(F)c2)C(=O)O1. The van der Waals surface area contributed by atoms with Gasteiger partial charge in [0, 0.05) is 33.2 Å². The summed E-state index contributed by atoms with van der Waals surface area (Å²) in [6.07, 6.45) is -1.63. The van der Waals surface area contributed by atoms with E-state index in [-0.39, 0.29) is 24.5 Å². The van der Waals surface area contributed by atoms with Crippen molar-refractivity contribution in [1.29, 1.82) is 0 Å². The van der Waals surface area contributed by atoms with Gasteiger partial charge in [0.2, 0.25) is 0 Å². The predicted octanol–water partition coefficient (Wildman–Crippen LogP) is 1.17. The largest absolute Gasteiger partial charge is 0.443 e. The molecule has 4 rings (SSSR count). The van der Waals surface area contributed by atoms with Gasteiger partial charge in [-0.1, -0.05) is 6.92 Å². The summed E-state index contributed by atoms with van der Waals surface area (Å²) in [6.45, 7) is 4.39. The highest BCUT2D eigenvalue weighted by Crippen LogP contribution is 2.33. The predicted molar refractivity (Wildman–Crippen MR) is 122 cm³/mol. The second-order valence-electron chi connectivity index (χ2n) is 9.14. The number of carbonyl (C=O) groups excluding carboxylic acids is 2. The number of carbonyl (C=O) groups is 2. The summed E-state index contributed by atoms with van der Waals surface area (Å²) in [7, 11) is 0.770. The number of amides is 3. The lowest BCUT2D eigenvalue weighted by Crippen LogP contribution is -2.59. The normalized spacial score (nSPS) is 26.6. The number of nitrogens with zero attached hydrogens (tertiary/aromatic N) is 5. The molecule has 3 heterocycles. The van der Waals surface area contributed by atoms with Crippen LogP contribution < -0.4 is 9.80 Å². The van der Waals surface area contributed by atoms with Crippen molar-refractivity contribution >= 4 is 33.6 Å². The van der Waals surface area contributed by atoms with Gasteiger partial charge in [-0.2, -0.15) is 8.42 Å². The Hall–Kier alpha value is -2.64. The zero-order chi connectivity index (χ0) is 24.8. The molecule has 3 fully saturated rings. The van der Waals surface area contributed by atoms with Crippen LogP contribution in [0.25, 0.3) is 0 Å². The van der Waals surface area contributed by atoms with Crippen molar-refractivity contribution in [3.63, 3.8) is 0 Å². The van der Waals surface area contributed by atoms with E-state index in [0.29, 0.717) is 37.8 Å². The molecule has 0 aliphatic carbocycles. The molecule has 3 atom stereocenters. The van der Waals surface area contributed by atoms with Gasteiger partial charge in [0.05, 0.1) is 38.4 Å². The first-order valence-electron chi connectivity index (χ1n) is 11.0. The van der Waals surface area contributed by atoms with Crippen molar-refractivity contribution in [2.24, 2.45) is 5.92 Å². The van der Waals surface area contributed by atoms with Crippen LogP contribution in [0.1, 0.15) is 6.92 Å². The molecule has 1 aromatic carbocycles. The zero-order valence-electron chi connectivity index (χ0n) is 19.7. The van der Waals surface area contributed by atoms with Gasteiger partial charge >= 0.3 is 12.1 Å². The molecule has 0 spiro atoms. The molecule has 3 aliphatic rings. The van der Waals surface area contributed by atoms with Gasteiger partial charge in [-0.15, -0.1) is 0 Å². The summed E-state index contributed by atoms with van der Waals surface area (Å²) in [4.78, 5) is 33.0.